The van der Waals surface area contributed by atoms with E-state index in [-0.39, 0.29) is 76.0 Å². The van der Waals surface area contributed by atoms with Gasteiger partial charge in [0.05, 0.1) is 16.7 Å². The van der Waals surface area contributed by atoms with Crippen LogP contribution in [0.25, 0.3) is 0 Å². The molecule has 1 aliphatic rings. The Bertz CT molecular complexity index is 2690. The number of hydrogen-bond acceptors (Lipinski definition) is 21. The molecule has 1 fully saturated rings. The number of nitrogens with two attached hydrogens (primary N) is 6. The average Bonchev–Trinajstić information content (AvgIpc) is 3.61. The van der Waals surface area contributed by atoms with Crippen LogP contribution in [0.15, 0.2) is 69.6 Å². The highest BCUT2D eigenvalue weighted by Gasteiger charge is 2.43. The van der Waals surface area contributed by atoms with Gasteiger partial charge in [0.25, 0.3) is 17.7 Å². The second kappa shape index (κ2) is 30.9. The molecule has 9 atom stereocenters. The number of carbonyl (C=O) groups excluding carboxylic acids is 9. The van der Waals surface area contributed by atoms with E-state index in [1.807, 2.05) is 0 Å². The van der Waals surface area contributed by atoms with Crippen molar-refractivity contribution in [1.82, 2.24) is 31.9 Å². The molecular formula is C51H69N15O18. The van der Waals surface area contributed by atoms with Gasteiger partial charge in [0.1, 0.15) is 36.4 Å². The van der Waals surface area contributed by atoms with Crippen molar-refractivity contribution in [3.63, 3.8) is 0 Å². The summed E-state index contributed by atoms with van der Waals surface area (Å²) in [6.07, 6.45) is -6.38. The van der Waals surface area contributed by atoms with E-state index in [4.69, 9.17) is 48.6 Å². The number of benzene rings is 3. The molecule has 1 saturated heterocycles. The maximum Gasteiger partial charge on any atom is 0.332 e. The van der Waals surface area contributed by atoms with E-state index in [0.717, 1.165) is 57.2 Å². The maximum absolute atomic E-state index is 14.5. The van der Waals surface area contributed by atoms with Gasteiger partial charge < -0.3 is 111 Å². The van der Waals surface area contributed by atoms with Crippen molar-refractivity contribution < 1.29 is 88.0 Å². The van der Waals surface area contributed by atoms with Gasteiger partial charge in [-0.3, -0.25) is 43.7 Å². The molecule has 456 valence electrons. The number of carbonyl (C=O) groups is 9. The van der Waals surface area contributed by atoms with Gasteiger partial charge in [-0.05, 0) is 95.7 Å². The van der Waals surface area contributed by atoms with Crippen LogP contribution in [-0.2, 0) is 43.0 Å². The minimum Gasteiger partial charge on any atom is -0.504 e. The number of rotatable bonds is 24. The van der Waals surface area contributed by atoms with Crippen LogP contribution >= 0.6 is 0 Å². The SMILES string of the molecule is C[C@H]1OC(=O)[C@@H](NC(=O)[C@H](CCCN=C(N)N)NC(=O)c2cccc(O)c2O)[C@@H](C)OC(=O)[C@@H](NC(=O)[C@H](CCCN=C(N)N)NC(=O)c2cccc(O)c2O)[C@@H](C)OC(=O)[C@H]1NC(=O)C(CCCN=C(N)N)NC(=O)c1cccc(O)c1O. The van der Waals surface area contributed by atoms with E-state index in [0.29, 0.717) is 0 Å². The van der Waals surface area contributed by atoms with Crippen LogP contribution < -0.4 is 66.3 Å². The summed E-state index contributed by atoms with van der Waals surface area (Å²) in [4.78, 5) is 139. The Morgan fingerprint density at radius 2 is 0.679 bits per heavy atom. The topological polar surface area (TPSA) is 568 Å². The lowest BCUT2D eigenvalue weighted by Gasteiger charge is -2.33. The number of cyclic esters (lactones) is 3. The Labute approximate surface area is 478 Å². The van der Waals surface area contributed by atoms with Gasteiger partial charge >= 0.3 is 17.9 Å². The number of phenols is 6. The molecule has 0 saturated carbocycles. The average molecular weight is 1180 g/mol. The molecule has 0 aromatic heterocycles. The van der Waals surface area contributed by atoms with Crippen molar-refractivity contribution in [2.75, 3.05) is 19.6 Å². The number of esters is 3. The first-order chi connectivity index (χ1) is 39.6. The van der Waals surface area contributed by atoms with Crippen LogP contribution in [0.3, 0.4) is 0 Å². The lowest BCUT2D eigenvalue weighted by atomic mass is 10.0. The number of aromatic hydroxyl groups is 6. The number of guanidine groups is 3. The van der Waals surface area contributed by atoms with E-state index in [1.165, 1.54) is 18.2 Å². The summed E-state index contributed by atoms with van der Waals surface area (Å²) in [7, 11) is 0. The van der Waals surface area contributed by atoms with E-state index >= 15 is 0 Å². The third kappa shape index (κ3) is 19.1. The molecule has 0 aliphatic carbocycles. The van der Waals surface area contributed by atoms with Gasteiger partial charge in [-0.15, -0.1) is 0 Å². The number of hydrogen-bond donors (Lipinski definition) is 18. The number of para-hydroxylation sites is 3. The van der Waals surface area contributed by atoms with Crippen molar-refractivity contribution >= 4 is 71.2 Å². The first-order valence-corrected chi connectivity index (χ1v) is 25.8. The Kier molecular flexibility index (Phi) is 24.3. The predicted octanol–water partition coefficient (Wildman–Crippen LogP) is -3.96. The molecule has 1 unspecified atom stereocenters. The van der Waals surface area contributed by atoms with E-state index in [9.17, 15) is 73.8 Å². The highest BCUT2D eigenvalue weighted by molar-refractivity contribution is 6.03. The summed E-state index contributed by atoms with van der Waals surface area (Å²) < 4.78 is 17.1. The molecule has 33 nitrogen and oxygen atoms in total. The van der Waals surface area contributed by atoms with Gasteiger partial charge in [0.15, 0.2) is 70.5 Å². The van der Waals surface area contributed by atoms with Crippen LogP contribution in [0.5, 0.6) is 34.5 Å². The fourth-order valence-electron chi connectivity index (χ4n) is 8.01. The number of nitrogens with zero attached hydrogens (tertiary/aromatic N) is 3. The van der Waals surface area contributed by atoms with Crippen LogP contribution in [0.4, 0.5) is 0 Å². The Balaban J connectivity index is 1.82. The summed E-state index contributed by atoms with van der Waals surface area (Å²) in [5, 5.41) is 75.9. The van der Waals surface area contributed by atoms with Crippen molar-refractivity contribution in [2.45, 2.75) is 114 Å². The molecule has 4 rings (SSSR count). The molecule has 84 heavy (non-hydrogen) atoms. The molecule has 0 radical (unpaired) electrons. The fraction of sp³-hybridized carbons (Fsp3) is 0.412. The minimum absolute atomic E-state index is 0.0167. The quantitative estimate of drug-likeness (QED) is 0.0102. The second-order valence-electron chi connectivity index (χ2n) is 18.8. The zero-order valence-electron chi connectivity index (χ0n) is 45.6. The number of nitrogens with one attached hydrogen (secondary N) is 6. The fourth-order valence-corrected chi connectivity index (χ4v) is 8.01. The normalized spacial score (nSPS) is 19.0. The molecule has 1 aliphatic heterocycles. The van der Waals surface area contributed by atoms with Gasteiger partial charge in [-0.2, -0.15) is 0 Å². The van der Waals surface area contributed by atoms with Crippen molar-refractivity contribution in [3.8, 4) is 34.5 Å². The predicted molar refractivity (Wildman–Crippen MR) is 295 cm³/mol. The summed E-state index contributed by atoms with van der Waals surface area (Å²) in [6, 6.07) is -0.985. The Morgan fingerprint density at radius 3 is 0.905 bits per heavy atom. The van der Waals surface area contributed by atoms with Crippen molar-refractivity contribution in [1.29, 1.82) is 0 Å². The molecule has 3 aromatic carbocycles. The zero-order valence-corrected chi connectivity index (χ0v) is 45.6. The van der Waals surface area contributed by atoms with Crippen LogP contribution in [0.2, 0.25) is 0 Å². The molecular weight excluding hydrogens is 1110 g/mol. The van der Waals surface area contributed by atoms with Crippen molar-refractivity contribution in [2.24, 2.45) is 49.4 Å². The Morgan fingerprint density at radius 1 is 0.440 bits per heavy atom. The van der Waals surface area contributed by atoms with Gasteiger partial charge in [0, 0.05) is 19.6 Å². The zero-order chi connectivity index (χ0) is 62.5. The first kappa shape index (κ1) is 66.0. The monoisotopic (exact) mass is 1180 g/mol. The molecule has 1 heterocycles. The first-order valence-electron chi connectivity index (χ1n) is 25.8. The molecule has 3 aromatic rings. The highest BCUT2D eigenvalue weighted by Crippen LogP contribution is 2.30. The van der Waals surface area contributed by atoms with Crippen LogP contribution in [0, 0.1) is 0 Å². The minimum atomic E-state index is -2.11. The number of phenolic OH excluding ortho intramolecular Hbond substituents is 6. The summed E-state index contributed by atoms with van der Waals surface area (Å²) in [6.45, 7) is 3.01. The van der Waals surface area contributed by atoms with E-state index < -0.39 is 159 Å². The van der Waals surface area contributed by atoms with Gasteiger partial charge in [-0.1, -0.05) is 18.2 Å². The van der Waals surface area contributed by atoms with Gasteiger partial charge in [0.2, 0.25) is 17.7 Å². The Hall–Kier alpha value is -10.5. The third-order valence-electron chi connectivity index (χ3n) is 12.4. The van der Waals surface area contributed by atoms with Gasteiger partial charge in [-0.25, -0.2) is 14.4 Å². The summed E-state index contributed by atoms with van der Waals surface area (Å²) >= 11 is 0. The third-order valence-corrected chi connectivity index (χ3v) is 12.4. The number of ether oxygens (including phenoxy) is 3. The second-order valence-corrected chi connectivity index (χ2v) is 18.8. The molecule has 33 heteroatoms. The maximum atomic E-state index is 14.5. The van der Waals surface area contributed by atoms with Crippen LogP contribution in [0.1, 0.15) is 90.4 Å². The summed E-state index contributed by atoms with van der Waals surface area (Å²) in [5.74, 6) is -16.8. The summed E-state index contributed by atoms with van der Waals surface area (Å²) in [5.41, 5.74) is 31.3. The molecule has 0 bridgehead atoms. The highest BCUT2D eigenvalue weighted by atomic mass is 16.6. The van der Waals surface area contributed by atoms with Crippen LogP contribution in [-0.4, -0.2) is 176 Å². The van der Waals surface area contributed by atoms with Crippen molar-refractivity contribution in [3.05, 3.63) is 71.3 Å². The lowest BCUT2D eigenvalue weighted by Crippen LogP contribution is -2.61. The molecule has 24 N–H and O–H groups in total. The largest absolute Gasteiger partial charge is 0.504 e. The molecule has 6 amide bonds. The molecule has 0 spiro atoms. The lowest BCUT2D eigenvalue weighted by molar-refractivity contribution is -0.175. The number of aliphatic imine (C=N–C) groups is 3. The number of amides is 6. The van der Waals surface area contributed by atoms with E-state index in [1.54, 1.807) is 0 Å². The smallest absolute Gasteiger partial charge is 0.332 e. The standard InChI is InChI=1S/C51H69N15O18/c1-22-34(64-43(76)28(13-7-19-58-49(52)53)61-40(73)25-10-4-16-31(67)37(25)70)46(79)83-24(3)36(66-45(78)30(15-9-21-60-51(56)57)63-42(75)27-12-6-18-33(69)39(27)72)48(81)84-23(2)35(47(80)82-22)65-44(77)29(14-8-20-59-50(54)55)62-41(74)26-11-5-17-32(68)38(26)71/h4-6,10-12,16-18,22-24,28-30,34-36,67-72H,7-9,13-15,19-21H2,1-3H3,(H,61,73)(H,62,74)(H,63,75)(H,64,76)(H,65,77)(H,66,78)(H4,52,53,58)(H4,54,55,59)(H4,56,57,60)/t22-,23-,24-,28+,29+,30?,34+,35+,36+/m1/s1. The van der Waals surface area contributed by atoms with E-state index in [2.05, 4.69) is 46.9 Å².